The highest BCUT2D eigenvalue weighted by Gasteiger charge is 2.19. The summed E-state index contributed by atoms with van der Waals surface area (Å²) in [7, 11) is 4.32. The molecule has 1 aliphatic rings. The quantitative estimate of drug-likeness (QED) is 0.689. The van der Waals surface area contributed by atoms with E-state index in [1.165, 1.54) is 25.9 Å². The van der Waals surface area contributed by atoms with Crippen molar-refractivity contribution in [2.24, 2.45) is 0 Å². The summed E-state index contributed by atoms with van der Waals surface area (Å²) in [5.41, 5.74) is 1.61. The molecule has 0 aromatic carbocycles. The van der Waals surface area contributed by atoms with Crippen LogP contribution >= 0.6 is 11.6 Å². The van der Waals surface area contributed by atoms with Crippen molar-refractivity contribution >= 4 is 11.6 Å². The van der Waals surface area contributed by atoms with E-state index in [-0.39, 0.29) is 0 Å². The first-order valence-electron chi connectivity index (χ1n) is 4.88. The van der Waals surface area contributed by atoms with E-state index in [0.29, 0.717) is 0 Å². The first-order chi connectivity index (χ1) is 6.24. The lowest BCUT2D eigenvalue weighted by molar-refractivity contribution is 0.143. The fourth-order valence-corrected chi connectivity index (χ4v) is 1.89. The lowest BCUT2D eigenvalue weighted by Crippen LogP contribution is -2.44. The average Bonchev–Trinajstić information content (AvgIpc) is 2.15. The van der Waals surface area contributed by atoms with Gasteiger partial charge in [-0.05, 0) is 33.5 Å². The van der Waals surface area contributed by atoms with Gasteiger partial charge in [-0.1, -0.05) is 17.7 Å². The van der Waals surface area contributed by atoms with Gasteiger partial charge in [0.1, 0.15) is 0 Å². The predicted molar refractivity (Wildman–Crippen MR) is 58.1 cm³/mol. The van der Waals surface area contributed by atoms with Gasteiger partial charge >= 0.3 is 0 Å². The van der Waals surface area contributed by atoms with Crippen molar-refractivity contribution in [2.75, 3.05) is 33.7 Å². The maximum Gasteiger partial charge on any atom is 0.0217 e. The third kappa shape index (κ3) is 3.67. The standard InChI is InChI=1S/C10H19ClN2/c1-12(2)10-5-3-7-13(9-10)8-4-6-11/h4,6,10H,3,5,7-9H2,1-2H3. The zero-order valence-electron chi connectivity index (χ0n) is 8.54. The maximum atomic E-state index is 5.50. The molecule has 0 spiro atoms. The number of likely N-dealkylation sites (tertiary alicyclic amines) is 1. The maximum absolute atomic E-state index is 5.50. The van der Waals surface area contributed by atoms with Crippen LogP contribution in [0.4, 0.5) is 0 Å². The molecule has 0 bridgehead atoms. The largest absolute Gasteiger partial charge is 0.305 e. The van der Waals surface area contributed by atoms with Gasteiger partial charge in [0.05, 0.1) is 0 Å². The monoisotopic (exact) mass is 202 g/mol. The number of hydrogen-bond donors (Lipinski definition) is 0. The van der Waals surface area contributed by atoms with Gasteiger partial charge in [0.2, 0.25) is 0 Å². The molecule has 0 amide bonds. The highest BCUT2D eigenvalue weighted by atomic mass is 35.5. The summed E-state index contributed by atoms with van der Waals surface area (Å²) in [6.07, 6.45) is 4.65. The highest BCUT2D eigenvalue weighted by Crippen LogP contribution is 2.13. The molecule has 0 aromatic rings. The Morgan fingerprint density at radius 2 is 2.31 bits per heavy atom. The molecule has 0 aromatic heterocycles. The first kappa shape index (κ1) is 11.0. The van der Waals surface area contributed by atoms with Gasteiger partial charge in [0.25, 0.3) is 0 Å². The van der Waals surface area contributed by atoms with E-state index in [1.807, 2.05) is 6.08 Å². The molecule has 0 saturated carbocycles. The van der Waals surface area contributed by atoms with E-state index in [4.69, 9.17) is 11.6 Å². The summed E-state index contributed by atoms with van der Waals surface area (Å²) in [5, 5.41) is 0. The Kier molecular flexibility index (Phi) is 4.78. The van der Waals surface area contributed by atoms with Gasteiger partial charge in [-0.15, -0.1) is 0 Å². The van der Waals surface area contributed by atoms with Crippen molar-refractivity contribution < 1.29 is 0 Å². The van der Waals surface area contributed by atoms with E-state index in [0.717, 1.165) is 12.6 Å². The third-order valence-electron chi connectivity index (χ3n) is 2.66. The molecule has 0 N–H and O–H groups in total. The summed E-state index contributed by atoms with van der Waals surface area (Å²) < 4.78 is 0. The normalized spacial score (nSPS) is 26.0. The van der Waals surface area contributed by atoms with Crippen LogP contribution in [-0.2, 0) is 0 Å². The Bertz CT molecular complexity index is 168. The summed E-state index contributed by atoms with van der Waals surface area (Å²) >= 11 is 5.50. The highest BCUT2D eigenvalue weighted by molar-refractivity contribution is 6.25. The molecule has 3 heteroatoms. The molecule has 2 nitrogen and oxygen atoms in total. The van der Waals surface area contributed by atoms with Crippen molar-refractivity contribution in [1.29, 1.82) is 0 Å². The predicted octanol–water partition coefficient (Wildman–Crippen LogP) is 1.76. The van der Waals surface area contributed by atoms with E-state index in [2.05, 4.69) is 23.9 Å². The lowest BCUT2D eigenvalue weighted by Gasteiger charge is -2.35. The summed E-state index contributed by atoms with van der Waals surface area (Å²) in [6, 6.07) is 0.720. The van der Waals surface area contributed by atoms with E-state index in [9.17, 15) is 0 Å². The van der Waals surface area contributed by atoms with Crippen LogP contribution in [0, 0.1) is 0 Å². The molecule has 0 radical (unpaired) electrons. The van der Waals surface area contributed by atoms with Crippen molar-refractivity contribution in [3.63, 3.8) is 0 Å². The van der Waals surface area contributed by atoms with E-state index in [1.54, 1.807) is 5.54 Å². The molecular formula is C10H19ClN2. The molecule has 1 unspecified atom stereocenters. The van der Waals surface area contributed by atoms with Crippen molar-refractivity contribution in [3.05, 3.63) is 11.6 Å². The zero-order valence-corrected chi connectivity index (χ0v) is 9.30. The van der Waals surface area contributed by atoms with Crippen molar-refractivity contribution in [1.82, 2.24) is 9.80 Å². The Hall–Kier alpha value is -0.0500. The molecule has 76 valence electrons. The smallest absolute Gasteiger partial charge is 0.0217 e. The van der Waals surface area contributed by atoms with E-state index < -0.39 is 0 Å². The minimum Gasteiger partial charge on any atom is -0.305 e. The molecule has 1 aliphatic heterocycles. The van der Waals surface area contributed by atoms with Gasteiger partial charge in [0.15, 0.2) is 0 Å². The molecule has 0 aliphatic carbocycles. The Balaban J connectivity index is 2.33. The van der Waals surface area contributed by atoms with Crippen LogP contribution in [-0.4, -0.2) is 49.6 Å². The molecular weight excluding hydrogens is 184 g/mol. The van der Waals surface area contributed by atoms with Gasteiger partial charge in [-0.2, -0.15) is 0 Å². The lowest BCUT2D eigenvalue weighted by atomic mass is 10.1. The van der Waals surface area contributed by atoms with Crippen LogP contribution in [0.25, 0.3) is 0 Å². The second-order valence-electron chi connectivity index (χ2n) is 3.88. The fraction of sp³-hybridized carbons (Fsp3) is 0.800. The average molecular weight is 203 g/mol. The SMILES string of the molecule is CN(C)C1CCCN(CC=CCl)C1. The topological polar surface area (TPSA) is 6.48 Å². The van der Waals surface area contributed by atoms with Gasteiger partial charge in [-0.3, -0.25) is 4.90 Å². The molecule has 1 saturated heterocycles. The van der Waals surface area contributed by atoms with Crippen molar-refractivity contribution in [3.8, 4) is 0 Å². The zero-order chi connectivity index (χ0) is 9.68. The number of nitrogens with zero attached hydrogens (tertiary/aromatic N) is 2. The fourth-order valence-electron chi connectivity index (χ4n) is 1.81. The Morgan fingerprint density at radius 1 is 1.54 bits per heavy atom. The summed E-state index contributed by atoms with van der Waals surface area (Å²) in [4.78, 5) is 4.77. The molecule has 13 heavy (non-hydrogen) atoms. The number of hydrogen-bond acceptors (Lipinski definition) is 2. The summed E-state index contributed by atoms with van der Waals surface area (Å²) in [6.45, 7) is 3.38. The number of piperidine rings is 1. The first-order valence-corrected chi connectivity index (χ1v) is 5.31. The number of halogens is 1. The van der Waals surface area contributed by atoms with Crippen LogP contribution in [0.15, 0.2) is 11.6 Å². The second kappa shape index (κ2) is 5.63. The number of rotatable bonds is 3. The molecule has 1 heterocycles. The van der Waals surface area contributed by atoms with E-state index >= 15 is 0 Å². The van der Waals surface area contributed by atoms with Crippen LogP contribution in [0.2, 0.25) is 0 Å². The molecule has 1 rings (SSSR count). The second-order valence-corrected chi connectivity index (χ2v) is 4.13. The van der Waals surface area contributed by atoms with Crippen LogP contribution < -0.4 is 0 Å². The Labute approximate surface area is 86.2 Å². The number of likely N-dealkylation sites (N-methyl/N-ethyl adjacent to an activating group) is 1. The van der Waals surface area contributed by atoms with Crippen LogP contribution in [0.5, 0.6) is 0 Å². The minimum absolute atomic E-state index is 0.720. The molecule has 1 atom stereocenters. The van der Waals surface area contributed by atoms with Gasteiger partial charge < -0.3 is 4.90 Å². The van der Waals surface area contributed by atoms with Gasteiger partial charge in [0, 0.05) is 24.7 Å². The summed E-state index contributed by atoms with van der Waals surface area (Å²) in [5.74, 6) is 0. The van der Waals surface area contributed by atoms with Crippen LogP contribution in [0.3, 0.4) is 0 Å². The van der Waals surface area contributed by atoms with Gasteiger partial charge in [-0.25, -0.2) is 0 Å². The molecule has 1 fully saturated rings. The van der Waals surface area contributed by atoms with Crippen molar-refractivity contribution in [2.45, 2.75) is 18.9 Å². The third-order valence-corrected chi connectivity index (χ3v) is 2.84. The Morgan fingerprint density at radius 3 is 2.92 bits per heavy atom. The van der Waals surface area contributed by atoms with Crippen LogP contribution in [0.1, 0.15) is 12.8 Å². The minimum atomic E-state index is 0.720.